The number of esters is 3. The van der Waals surface area contributed by atoms with Crippen molar-refractivity contribution in [3.63, 3.8) is 0 Å². The molecule has 2 heterocycles. The molecule has 0 spiro atoms. The van der Waals surface area contributed by atoms with E-state index in [-0.39, 0.29) is 5.60 Å². The molecule has 3 atom stereocenters. The lowest BCUT2D eigenvalue weighted by molar-refractivity contribution is -0.151. The van der Waals surface area contributed by atoms with E-state index in [1.165, 1.54) is 0 Å². The number of fused-ring (bicyclic) bond motifs is 1. The van der Waals surface area contributed by atoms with Gasteiger partial charge in [-0.15, -0.1) is 0 Å². The zero-order chi connectivity index (χ0) is 26.9. The first-order chi connectivity index (χ1) is 16.8. The molecule has 0 radical (unpaired) electrons. The molecule has 2 aliphatic heterocycles. The summed E-state index contributed by atoms with van der Waals surface area (Å²) in [5, 5.41) is 28.5. The first kappa shape index (κ1) is 27.2. The standard InChI is InChI=1S/C26H32O10/c1-12(2)26(6)10-9-16-15(5)21(13(3)14(4)22(16)36-26)33-18(29)7-8-19(30)34-24-20(31)23(17(28)11-27)35-25(24)32/h7-8,12,17,23,27-28,31H,9-11H2,1-6H3/b8-7-. The van der Waals surface area contributed by atoms with Gasteiger partial charge in [0.05, 0.1) is 6.61 Å². The Morgan fingerprint density at radius 2 is 1.72 bits per heavy atom. The number of hydrogen-bond acceptors (Lipinski definition) is 10. The van der Waals surface area contributed by atoms with Gasteiger partial charge in [0.15, 0.2) is 11.9 Å². The van der Waals surface area contributed by atoms with E-state index >= 15 is 0 Å². The van der Waals surface area contributed by atoms with E-state index in [1.807, 2.05) is 20.8 Å². The van der Waals surface area contributed by atoms with Crippen LogP contribution in [-0.2, 0) is 30.3 Å². The minimum atomic E-state index is -1.59. The van der Waals surface area contributed by atoms with Gasteiger partial charge in [-0.3, -0.25) is 0 Å². The minimum Gasteiger partial charge on any atom is -0.505 e. The number of benzene rings is 1. The second kappa shape index (κ2) is 10.3. The first-order valence-corrected chi connectivity index (χ1v) is 11.7. The summed E-state index contributed by atoms with van der Waals surface area (Å²) < 4.78 is 21.4. The Hall–Kier alpha value is -3.37. The van der Waals surface area contributed by atoms with Crippen molar-refractivity contribution in [3.8, 4) is 11.5 Å². The summed E-state index contributed by atoms with van der Waals surface area (Å²) in [7, 11) is 0. The molecule has 1 aromatic rings. The summed E-state index contributed by atoms with van der Waals surface area (Å²) >= 11 is 0. The summed E-state index contributed by atoms with van der Waals surface area (Å²) in [5.74, 6) is -3.34. The molecule has 196 valence electrons. The van der Waals surface area contributed by atoms with Crippen molar-refractivity contribution in [1.29, 1.82) is 0 Å². The molecule has 3 unspecified atom stereocenters. The van der Waals surface area contributed by atoms with Crippen LogP contribution in [0.3, 0.4) is 0 Å². The Morgan fingerprint density at radius 1 is 1.11 bits per heavy atom. The summed E-state index contributed by atoms with van der Waals surface area (Å²) in [5.41, 5.74) is 3.07. The van der Waals surface area contributed by atoms with E-state index in [0.717, 1.165) is 53.0 Å². The molecule has 3 N–H and O–H groups in total. The number of hydrogen-bond donors (Lipinski definition) is 3. The van der Waals surface area contributed by atoms with Crippen molar-refractivity contribution in [2.45, 2.75) is 72.2 Å². The highest BCUT2D eigenvalue weighted by Gasteiger charge is 2.41. The number of carbonyl (C=O) groups excluding carboxylic acids is 3. The average Bonchev–Trinajstić information content (AvgIpc) is 3.11. The van der Waals surface area contributed by atoms with Gasteiger partial charge in [0.2, 0.25) is 0 Å². The lowest BCUT2D eigenvalue weighted by atomic mass is 9.81. The Labute approximate surface area is 209 Å². The number of rotatable bonds is 7. The van der Waals surface area contributed by atoms with Crippen LogP contribution in [-0.4, -0.2) is 57.6 Å². The fraction of sp³-hybridized carbons (Fsp3) is 0.500. The zero-order valence-electron chi connectivity index (χ0n) is 21.2. The van der Waals surface area contributed by atoms with Gasteiger partial charge in [-0.05, 0) is 63.1 Å². The molecule has 36 heavy (non-hydrogen) atoms. The van der Waals surface area contributed by atoms with Crippen molar-refractivity contribution >= 4 is 17.9 Å². The fourth-order valence-corrected chi connectivity index (χ4v) is 4.13. The van der Waals surface area contributed by atoms with Gasteiger partial charge in [-0.25, -0.2) is 14.4 Å². The SMILES string of the molecule is Cc1c(C)c2c(c(C)c1OC(=O)/C=C\C(=O)OC1=C(O)C(C(O)CO)OC1=O)CCC(C)(C(C)C)O2. The van der Waals surface area contributed by atoms with Crippen LogP contribution in [0.2, 0.25) is 0 Å². The predicted molar refractivity (Wildman–Crippen MR) is 126 cm³/mol. The van der Waals surface area contributed by atoms with Gasteiger partial charge in [0.1, 0.15) is 23.2 Å². The van der Waals surface area contributed by atoms with E-state index in [2.05, 4.69) is 25.5 Å². The van der Waals surface area contributed by atoms with Gasteiger partial charge < -0.3 is 34.3 Å². The Kier molecular flexibility index (Phi) is 7.80. The van der Waals surface area contributed by atoms with Gasteiger partial charge in [0, 0.05) is 17.7 Å². The quantitative estimate of drug-likeness (QED) is 0.287. The molecule has 0 fully saturated rings. The Balaban J connectivity index is 1.74. The van der Waals surface area contributed by atoms with Gasteiger partial charge in [-0.2, -0.15) is 0 Å². The highest BCUT2D eigenvalue weighted by Crippen LogP contribution is 2.45. The van der Waals surface area contributed by atoms with Crippen LogP contribution in [0.15, 0.2) is 23.7 Å². The molecular formula is C26H32O10. The fourth-order valence-electron chi connectivity index (χ4n) is 4.13. The van der Waals surface area contributed by atoms with Crippen LogP contribution >= 0.6 is 0 Å². The Bertz CT molecular complexity index is 1150. The monoisotopic (exact) mass is 504 g/mol. The molecule has 3 rings (SSSR count). The molecule has 2 aliphatic rings. The lowest BCUT2D eigenvalue weighted by Gasteiger charge is -2.40. The third-order valence-corrected chi connectivity index (χ3v) is 6.96. The van der Waals surface area contributed by atoms with E-state index in [0.29, 0.717) is 11.7 Å². The molecule has 0 bridgehead atoms. The van der Waals surface area contributed by atoms with Gasteiger partial charge >= 0.3 is 17.9 Å². The number of cyclic esters (lactones) is 1. The summed E-state index contributed by atoms with van der Waals surface area (Å²) in [6.07, 6.45) is 0.0109. The van der Waals surface area contributed by atoms with Crippen molar-refractivity contribution < 1.29 is 48.7 Å². The summed E-state index contributed by atoms with van der Waals surface area (Å²) in [6.45, 7) is 11.1. The number of ether oxygens (including phenoxy) is 4. The maximum absolute atomic E-state index is 12.5. The number of aliphatic hydroxyl groups is 3. The highest BCUT2D eigenvalue weighted by molar-refractivity contribution is 5.97. The van der Waals surface area contributed by atoms with Crippen LogP contribution in [0.1, 0.15) is 49.4 Å². The van der Waals surface area contributed by atoms with Crippen LogP contribution < -0.4 is 9.47 Å². The third kappa shape index (κ3) is 5.10. The molecular weight excluding hydrogens is 472 g/mol. The van der Waals surface area contributed by atoms with Crippen LogP contribution in [0.4, 0.5) is 0 Å². The van der Waals surface area contributed by atoms with Gasteiger partial charge in [-0.1, -0.05) is 13.8 Å². The van der Waals surface area contributed by atoms with Crippen LogP contribution in [0.25, 0.3) is 0 Å². The van der Waals surface area contributed by atoms with E-state index in [9.17, 15) is 24.6 Å². The maximum atomic E-state index is 12.5. The van der Waals surface area contributed by atoms with Crippen molar-refractivity contribution in [2.24, 2.45) is 5.92 Å². The molecule has 10 heteroatoms. The largest absolute Gasteiger partial charge is 0.505 e. The topological polar surface area (TPSA) is 149 Å². The second-order valence-electron chi connectivity index (χ2n) is 9.55. The lowest BCUT2D eigenvalue weighted by Crippen LogP contribution is -2.42. The average molecular weight is 505 g/mol. The minimum absolute atomic E-state index is 0.288. The van der Waals surface area contributed by atoms with E-state index in [1.54, 1.807) is 0 Å². The van der Waals surface area contributed by atoms with E-state index < -0.39 is 48.2 Å². The number of carbonyl (C=O) groups is 3. The van der Waals surface area contributed by atoms with Crippen molar-refractivity contribution in [3.05, 3.63) is 45.9 Å². The predicted octanol–water partition coefficient (Wildman–Crippen LogP) is 2.40. The second-order valence-corrected chi connectivity index (χ2v) is 9.55. The summed E-state index contributed by atoms with van der Waals surface area (Å²) in [6, 6.07) is 0. The molecule has 0 aromatic heterocycles. The zero-order valence-corrected chi connectivity index (χ0v) is 21.2. The van der Waals surface area contributed by atoms with Gasteiger partial charge in [0.25, 0.3) is 5.76 Å². The smallest absolute Gasteiger partial charge is 0.378 e. The molecule has 1 aromatic carbocycles. The molecule has 0 amide bonds. The molecule has 10 nitrogen and oxygen atoms in total. The maximum Gasteiger partial charge on any atom is 0.378 e. The highest BCUT2D eigenvalue weighted by atomic mass is 16.6. The van der Waals surface area contributed by atoms with Crippen molar-refractivity contribution in [2.75, 3.05) is 6.61 Å². The van der Waals surface area contributed by atoms with Crippen molar-refractivity contribution in [1.82, 2.24) is 0 Å². The summed E-state index contributed by atoms with van der Waals surface area (Å²) in [4.78, 5) is 36.4. The molecule has 0 saturated heterocycles. The van der Waals surface area contributed by atoms with Crippen LogP contribution in [0, 0.1) is 26.7 Å². The molecule has 0 aliphatic carbocycles. The van der Waals surface area contributed by atoms with Crippen LogP contribution in [0.5, 0.6) is 11.5 Å². The third-order valence-electron chi connectivity index (χ3n) is 6.96. The van der Waals surface area contributed by atoms with E-state index in [4.69, 9.17) is 19.3 Å². The molecule has 0 saturated carbocycles. The number of aliphatic hydroxyl groups excluding tert-OH is 3. The normalized spacial score (nSPS) is 22.4. The Morgan fingerprint density at radius 3 is 2.31 bits per heavy atom. The first-order valence-electron chi connectivity index (χ1n) is 11.7.